The van der Waals surface area contributed by atoms with Crippen molar-refractivity contribution in [1.29, 1.82) is 0 Å². The number of anilines is 2. The molecule has 156 valence electrons. The summed E-state index contributed by atoms with van der Waals surface area (Å²) in [6, 6.07) is 9.37. The summed E-state index contributed by atoms with van der Waals surface area (Å²) in [6.07, 6.45) is 3.75. The highest BCUT2D eigenvalue weighted by Gasteiger charge is 2.25. The fourth-order valence-electron chi connectivity index (χ4n) is 3.16. The summed E-state index contributed by atoms with van der Waals surface area (Å²) in [5.41, 5.74) is 0.606. The quantitative estimate of drug-likeness (QED) is 0.745. The standard InChI is InChI=1S/C20H23F2N3O3S/c21-18-9-8-16(13-19(18)22)24-20(26)14-23-15-6-5-7-17(12-15)29(27,28)25-10-3-1-2-4-11-25/h5-9,12-13,23H,1-4,10-11,14H2,(H,24,26). The van der Waals surface area contributed by atoms with E-state index >= 15 is 0 Å². The van der Waals surface area contributed by atoms with E-state index in [4.69, 9.17) is 0 Å². The molecule has 2 aromatic rings. The van der Waals surface area contributed by atoms with Crippen LogP contribution in [0.1, 0.15) is 25.7 Å². The minimum atomic E-state index is -3.59. The van der Waals surface area contributed by atoms with Crippen molar-refractivity contribution in [3.8, 4) is 0 Å². The van der Waals surface area contributed by atoms with Crippen molar-refractivity contribution in [1.82, 2.24) is 4.31 Å². The number of hydrogen-bond donors (Lipinski definition) is 2. The summed E-state index contributed by atoms with van der Waals surface area (Å²) in [7, 11) is -3.59. The van der Waals surface area contributed by atoms with Crippen LogP contribution >= 0.6 is 0 Å². The van der Waals surface area contributed by atoms with E-state index in [2.05, 4.69) is 10.6 Å². The largest absolute Gasteiger partial charge is 0.376 e. The zero-order valence-corrected chi connectivity index (χ0v) is 16.6. The highest BCUT2D eigenvalue weighted by atomic mass is 32.2. The third kappa shape index (κ3) is 5.51. The van der Waals surface area contributed by atoms with Crippen LogP contribution in [0.3, 0.4) is 0 Å². The number of nitrogens with one attached hydrogen (secondary N) is 2. The maximum atomic E-state index is 13.2. The Labute approximate surface area is 169 Å². The van der Waals surface area contributed by atoms with Gasteiger partial charge in [-0.1, -0.05) is 18.9 Å². The highest BCUT2D eigenvalue weighted by molar-refractivity contribution is 7.89. The molecular weight excluding hydrogens is 400 g/mol. The van der Waals surface area contributed by atoms with Crippen LogP contribution in [0.5, 0.6) is 0 Å². The van der Waals surface area contributed by atoms with Crippen LogP contribution in [0.15, 0.2) is 47.4 Å². The van der Waals surface area contributed by atoms with Gasteiger partial charge in [-0.3, -0.25) is 4.79 Å². The highest BCUT2D eigenvalue weighted by Crippen LogP contribution is 2.22. The third-order valence-corrected chi connectivity index (χ3v) is 6.59. The first-order valence-corrected chi connectivity index (χ1v) is 10.9. The molecule has 1 amide bonds. The molecule has 1 aliphatic heterocycles. The van der Waals surface area contributed by atoms with Crippen molar-refractivity contribution >= 4 is 27.3 Å². The lowest BCUT2D eigenvalue weighted by Crippen LogP contribution is -2.32. The van der Waals surface area contributed by atoms with E-state index in [1.165, 1.54) is 22.5 Å². The molecule has 0 aromatic heterocycles. The van der Waals surface area contributed by atoms with Gasteiger partial charge in [-0.15, -0.1) is 0 Å². The predicted octanol–water partition coefficient (Wildman–Crippen LogP) is 3.58. The Bertz CT molecular complexity index is 975. The lowest BCUT2D eigenvalue weighted by Gasteiger charge is -2.20. The van der Waals surface area contributed by atoms with E-state index in [1.54, 1.807) is 12.1 Å². The van der Waals surface area contributed by atoms with Crippen LogP contribution in [0.2, 0.25) is 0 Å². The minimum absolute atomic E-state index is 0.133. The summed E-state index contributed by atoms with van der Waals surface area (Å²) in [6.45, 7) is 0.861. The third-order valence-electron chi connectivity index (χ3n) is 4.69. The van der Waals surface area contributed by atoms with Crippen molar-refractivity contribution in [2.45, 2.75) is 30.6 Å². The van der Waals surface area contributed by atoms with Crippen LogP contribution in [-0.4, -0.2) is 38.3 Å². The number of amides is 1. The Kier molecular flexibility index (Phi) is 6.81. The fraction of sp³-hybridized carbons (Fsp3) is 0.350. The second-order valence-electron chi connectivity index (χ2n) is 6.88. The van der Waals surface area contributed by atoms with Crippen molar-refractivity contribution in [3.05, 3.63) is 54.1 Å². The molecule has 29 heavy (non-hydrogen) atoms. The van der Waals surface area contributed by atoms with E-state index in [1.807, 2.05) is 0 Å². The molecule has 2 N–H and O–H groups in total. The van der Waals surface area contributed by atoms with Gasteiger partial charge in [-0.25, -0.2) is 17.2 Å². The molecule has 0 radical (unpaired) electrons. The number of rotatable bonds is 6. The Morgan fingerprint density at radius 1 is 0.931 bits per heavy atom. The summed E-state index contributed by atoms with van der Waals surface area (Å²) in [5, 5.41) is 5.30. The number of sulfonamides is 1. The molecular formula is C20H23F2N3O3S. The molecule has 1 aliphatic rings. The van der Waals surface area contributed by atoms with Gasteiger partial charge in [-0.05, 0) is 43.2 Å². The smallest absolute Gasteiger partial charge is 0.243 e. The number of benzene rings is 2. The summed E-state index contributed by atoms with van der Waals surface area (Å²) >= 11 is 0. The average molecular weight is 423 g/mol. The first-order valence-electron chi connectivity index (χ1n) is 9.45. The molecule has 0 atom stereocenters. The average Bonchev–Trinajstić information content (AvgIpc) is 3.00. The molecule has 2 aromatic carbocycles. The van der Waals surface area contributed by atoms with Gasteiger partial charge in [0.05, 0.1) is 11.4 Å². The maximum Gasteiger partial charge on any atom is 0.243 e. The van der Waals surface area contributed by atoms with Gasteiger partial charge in [0.2, 0.25) is 15.9 Å². The van der Waals surface area contributed by atoms with Crippen molar-refractivity contribution in [3.63, 3.8) is 0 Å². The van der Waals surface area contributed by atoms with Crippen LogP contribution in [-0.2, 0) is 14.8 Å². The fourth-order valence-corrected chi connectivity index (χ4v) is 4.72. The van der Waals surface area contributed by atoms with Gasteiger partial charge in [-0.2, -0.15) is 4.31 Å². The van der Waals surface area contributed by atoms with Crippen LogP contribution in [0, 0.1) is 11.6 Å². The Balaban J connectivity index is 1.63. The molecule has 0 aliphatic carbocycles. The summed E-state index contributed by atoms with van der Waals surface area (Å²) in [4.78, 5) is 12.2. The monoisotopic (exact) mass is 423 g/mol. The van der Waals surface area contributed by atoms with Crippen molar-refractivity contribution < 1.29 is 22.0 Å². The molecule has 6 nitrogen and oxygen atoms in total. The lowest BCUT2D eigenvalue weighted by molar-refractivity contribution is -0.114. The molecule has 0 bridgehead atoms. The number of nitrogens with zero attached hydrogens (tertiary/aromatic N) is 1. The molecule has 1 fully saturated rings. The molecule has 1 saturated heterocycles. The molecule has 9 heteroatoms. The first-order chi connectivity index (χ1) is 13.9. The molecule has 0 saturated carbocycles. The van der Waals surface area contributed by atoms with Crippen molar-refractivity contribution in [2.75, 3.05) is 30.3 Å². The van der Waals surface area contributed by atoms with Crippen LogP contribution in [0.4, 0.5) is 20.2 Å². The van der Waals surface area contributed by atoms with E-state index in [-0.39, 0.29) is 17.1 Å². The molecule has 0 unspecified atom stereocenters. The van der Waals surface area contributed by atoms with Gasteiger partial charge >= 0.3 is 0 Å². The van der Waals surface area contributed by atoms with Gasteiger partial charge in [0.15, 0.2) is 11.6 Å². The SMILES string of the molecule is O=C(CNc1cccc(S(=O)(=O)N2CCCCCC2)c1)Nc1ccc(F)c(F)c1. The topological polar surface area (TPSA) is 78.5 Å². The number of halogens is 2. The number of carbonyl (C=O) groups is 1. The normalized spacial score (nSPS) is 15.5. The van der Waals surface area contributed by atoms with Gasteiger partial charge in [0.1, 0.15) is 0 Å². The van der Waals surface area contributed by atoms with Crippen LogP contribution in [0.25, 0.3) is 0 Å². The zero-order chi connectivity index (χ0) is 20.9. The Morgan fingerprint density at radius 2 is 1.66 bits per heavy atom. The lowest BCUT2D eigenvalue weighted by atomic mass is 10.2. The Morgan fingerprint density at radius 3 is 2.34 bits per heavy atom. The molecule has 1 heterocycles. The van der Waals surface area contributed by atoms with E-state index in [0.717, 1.165) is 37.8 Å². The van der Waals surface area contributed by atoms with E-state index < -0.39 is 27.6 Å². The van der Waals surface area contributed by atoms with E-state index in [9.17, 15) is 22.0 Å². The predicted molar refractivity (Wildman–Crippen MR) is 107 cm³/mol. The maximum absolute atomic E-state index is 13.2. The minimum Gasteiger partial charge on any atom is -0.376 e. The number of carbonyl (C=O) groups excluding carboxylic acids is 1. The summed E-state index contributed by atoms with van der Waals surface area (Å²) < 4.78 is 53.4. The first kappa shape index (κ1) is 21.2. The van der Waals surface area contributed by atoms with E-state index in [0.29, 0.717) is 18.8 Å². The zero-order valence-electron chi connectivity index (χ0n) is 15.8. The van der Waals surface area contributed by atoms with Gasteiger partial charge in [0, 0.05) is 30.5 Å². The molecule has 3 rings (SSSR count). The second kappa shape index (κ2) is 9.32. The van der Waals surface area contributed by atoms with Crippen LogP contribution < -0.4 is 10.6 Å². The number of hydrogen-bond acceptors (Lipinski definition) is 4. The second-order valence-corrected chi connectivity index (χ2v) is 8.81. The van der Waals surface area contributed by atoms with Gasteiger partial charge in [0.25, 0.3) is 0 Å². The summed E-state index contributed by atoms with van der Waals surface area (Å²) in [5.74, 6) is -2.53. The molecule has 0 spiro atoms. The Hall–Kier alpha value is -2.52. The van der Waals surface area contributed by atoms with Crippen molar-refractivity contribution in [2.24, 2.45) is 0 Å². The van der Waals surface area contributed by atoms with Gasteiger partial charge < -0.3 is 10.6 Å².